The number of aliphatic imine (C=N–C) groups is 1. The predicted octanol–water partition coefficient (Wildman–Crippen LogP) is 6.69. The second-order valence-corrected chi connectivity index (χ2v) is 9.62. The minimum absolute atomic E-state index is 0.0146. The van der Waals surface area contributed by atoms with Gasteiger partial charge in [-0.2, -0.15) is 18.2 Å². The number of alkyl halides is 3. The quantitative estimate of drug-likeness (QED) is 0.363. The SMILES string of the molecule is [C-]#[N+]c1ccc(N2C(=S)N(c3ccc(O)cc3)C(C)(C)C2=NC(=O)OC(C)(C)C)cc1C(F)(F)F. The van der Waals surface area contributed by atoms with Crippen LogP contribution < -0.4 is 9.80 Å². The number of phenols is 1. The van der Waals surface area contributed by atoms with E-state index in [0.717, 1.165) is 12.1 Å². The number of hydrogen-bond donors (Lipinski definition) is 1. The average Bonchev–Trinajstić information content (AvgIpc) is 2.91. The molecule has 1 fully saturated rings. The van der Waals surface area contributed by atoms with Crippen molar-refractivity contribution >= 4 is 46.3 Å². The highest BCUT2D eigenvalue weighted by Gasteiger charge is 2.49. The molecule has 1 aliphatic rings. The number of carbonyl (C=O) groups is 1. The Labute approximate surface area is 206 Å². The fourth-order valence-electron chi connectivity index (χ4n) is 3.62. The monoisotopic (exact) mass is 504 g/mol. The van der Waals surface area contributed by atoms with Gasteiger partial charge in [-0.15, -0.1) is 0 Å². The highest BCUT2D eigenvalue weighted by molar-refractivity contribution is 7.81. The first-order chi connectivity index (χ1) is 16.1. The highest BCUT2D eigenvalue weighted by atomic mass is 32.1. The van der Waals surface area contributed by atoms with Crippen molar-refractivity contribution in [3.05, 3.63) is 59.4 Å². The van der Waals surface area contributed by atoms with Crippen molar-refractivity contribution in [1.82, 2.24) is 0 Å². The lowest BCUT2D eigenvalue weighted by Gasteiger charge is -2.31. The van der Waals surface area contributed by atoms with E-state index in [2.05, 4.69) is 9.84 Å². The molecule has 184 valence electrons. The van der Waals surface area contributed by atoms with Gasteiger partial charge >= 0.3 is 12.3 Å². The first-order valence-corrected chi connectivity index (χ1v) is 10.8. The van der Waals surface area contributed by atoms with E-state index in [1.54, 1.807) is 51.7 Å². The lowest BCUT2D eigenvalue weighted by atomic mass is 10.0. The van der Waals surface area contributed by atoms with Crippen molar-refractivity contribution in [3.63, 3.8) is 0 Å². The number of benzene rings is 2. The van der Waals surface area contributed by atoms with Gasteiger partial charge in [0, 0.05) is 11.4 Å². The molecule has 0 unspecified atom stereocenters. The Kier molecular flexibility index (Phi) is 6.57. The summed E-state index contributed by atoms with van der Waals surface area (Å²) >= 11 is 5.66. The van der Waals surface area contributed by atoms with Gasteiger partial charge in [-0.3, -0.25) is 4.90 Å². The van der Waals surface area contributed by atoms with Crippen LogP contribution in [0, 0.1) is 6.57 Å². The molecule has 2 aromatic rings. The molecule has 0 atom stereocenters. The molecule has 3 rings (SSSR count). The zero-order valence-electron chi connectivity index (χ0n) is 19.6. The van der Waals surface area contributed by atoms with Crippen LogP contribution in [0.1, 0.15) is 40.2 Å². The van der Waals surface area contributed by atoms with Crippen LogP contribution in [0.4, 0.5) is 35.0 Å². The minimum atomic E-state index is -4.79. The van der Waals surface area contributed by atoms with Gasteiger partial charge < -0.3 is 14.7 Å². The second kappa shape index (κ2) is 8.85. The van der Waals surface area contributed by atoms with E-state index in [0.29, 0.717) is 5.69 Å². The zero-order valence-corrected chi connectivity index (χ0v) is 20.5. The zero-order chi connectivity index (χ0) is 26.3. The maximum atomic E-state index is 13.7. The summed E-state index contributed by atoms with van der Waals surface area (Å²) in [5.74, 6) is 0.0502. The van der Waals surface area contributed by atoms with Crippen molar-refractivity contribution in [2.24, 2.45) is 4.99 Å². The maximum Gasteiger partial charge on any atom is 0.435 e. The highest BCUT2D eigenvalue weighted by Crippen LogP contribution is 2.42. The summed E-state index contributed by atoms with van der Waals surface area (Å²) in [5.41, 5.74) is -3.16. The van der Waals surface area contributed by atoms with E-state index in [9.17, 15) is 23.1 Å². The molecule has 0 aliphatic carbocycles. The molecule has 1 saturated heterocycles. The molecule has 1 N–H and O–H groups in total. The predicted molar refractivity (Wildman–Crippen MR) is 131 cm³/mol. The molecule has 7 nitrogen and oxygen atoms in total. The third kappa shape index (κ3) is 5.22. The van der Waals surface area contributed by atoms with Crippen LogP contribution in [0.15, 0.2) is 47.5 Å². The van der Waals surface area contributed by atoms with Gasteiger partial charge in [0.25, 0.3) is 0 Å². The van der Waals surface area contributed by atoms with E-state index in [1.807, 2.05) is 0 Å². The number of rotatable bonds is 2. The molecular formula is C24H23F3N4O3S. The molecule has 35 heavy (non-hydrogen) atoms. The number of ether oxygens (including phenoxy) is 1. The van der Waals surface area contributed by atoms with Gasteiger partial charge in [0.15, 0.2) is 10.8 Å². The summed E-state index contributed by atoms with van der Waals surface area (Å²) in [4.78, 5) is 22.6. The third-order valence-electron chi connectivity index (χ3n) is 5.06. The molecule has 0 bridgehead atoms. The molecule has 0 saturated carbocycles. The van der Waals surface area contributed by atoms with Crippen LogP contribution in [0.25, 0.3) is 4.85 Å². The number of amides is 1. The Morgan fingerprint density at radius 1 is 1.11 bits per heavy atom. The summed E-state index contributed by atoms with van der Waals surface area (Å²) in [7, 11) is 0. The molecule has 1 amide bonds. The molecule has 0 spiro atoms. The Bertz CT molecular complexity index is 1240. The summed E-state index contributed by atoms with van der Waals surface area (Å²) in [6.07, 6.45) is -5.72. The largest absolute Gasteiger partial charge is 0.508 e. The van der Waals surface area contributed by atoms with Crippen LogP contribution in [-0.2, 0) is 10.9 Å². The first kappa shape index (κ1) is 26.0. The summed E-state index contributed by atoms with van der Waals surface area (Å²) in [6, 6.07) is 9.22. The number of phenolic OH excluding ortho intramolecular Hbond substituents is 1. The van der Waals surface area contributed by atoms with Gasteiger partial charge in [0.2, 0.25) is 0 Å². The van der Waals surface area contributed by atoms with Gasteiger partial charge in [-0.25, -0.2) is 9.64 Å². The number of anilines is 2. The van der Waals surface area contributed by atoms with Gasteiger partial charge in [0.1, 0.15) is 22.7 Å². The van der Waals surface area contributed by atoms with Crippen molar-refractivity contribution in [1.29, 1.82) is 0 Å². The van der Waals surface area contributed by atoms with Gasteiger partial charge in [-0.05, 0) is 83.2 Å². The van der Waals surface area contributed by atoms with Crippen molar-refractivity contribution < 1.29 is 27.8 Å². The van der Waals surface area contributed by atoms with E-state index in [4.69, 9.17) is 23.5 Å². The average molecular weight is 505 g/mol. The van der Waals surface area contributed by atoms with Crippen LogP contribution in [0.3, 0.4) is 0 Å². The number of carbonyl (C=O) groups excluding carboxylic acids is 1. The summed E-state index contributed by atoms with van der Waals surface area (Å²) < 4.78 is 46.4. The Morgan fingerprint density at radius 2 is 1.69 bits per heavy atom. The topological polar surface area (TPSA) is 69.7 Å². The fourth-order valence-corrected chi connectivity index (χ4v) is 4.14. The number of amidine groups is 1. The Hall–Kier alpha value is -3.65. The molecule has 11 heteroatoms. The number of hydrogen-bond acceptors (Lipinski definition) is 4. The Balaban J connectivity index is 2.24. The van der Waals surface area contributed by atoms with Crippen molar-refractivity contribution in [2.45, 2.75) is 51.9 Å². The van der Waals surface area contributed by atoms with Gasteiger partial charge in [-0.1, -0.05) is 6.07 Å². The lowest BCUT2D eigenvalue weighted by Crippen LogP contribution is -2.45. The molecule has 0 radical (unpaired) electrons. The standard InChI is InChI=1S/C24H23F3N4O3S/c1-22(2,3)34-20(33)29-19-23(4,5)31(14-7-10-16(32)11-8-14)21(35)30(19)15-9-12-18(28-6)17(13-15)24(25,26)27/h7-13,32H,1-5H3. The summed E-state index contributed by atoms with van der Waals surface area (Å²) in [6.45, 7) is 15.5. The normalized spacial score (nSPS) is 17.0. The molecule has 0 aromatic heterocycles. The summed E-state index contributed by atoms with van der Waals surface area (Å²) in [5, 5.41) is 9.73. The number of thiocarbonyl (C=S) groups is 1. The first-order valence-electron chi connectivity index (χ1n) is 10.4. The van der Waals surface area contributed by atoms with Gasteiger partial charge in [0.05, 0.1) is 12.1 Å². The third-order valence-corrected chi connectivity index (χ3v) is 5.43. The second-order valence-electron chi connectivity index (χ2n) is 9.26. The number of aromatic hydroxyl groups is 1. The van der Waals surface area contributed by atoms with Crippen LogP contribution >= 0.6 is 12.2 Å². The molecule has 1 heterocycles. The van der Waals surface area contributed by atoms with Crippen molar-refractivity contribution in [2.75, 3.05) is 9.80 Å². The van der Waals surface area contributed by atoms with E-state index in [-0.39, 0.29) is 22.4 Å². The number of halogens is 3. The van der Waals surface area contributed by atoms with E-state index >= 15 is 0 Å². The van der Waals surface area contributed by atoms with E-state index in [1.165, 1.54) is 23.1 Å². The van der Waals surface area contributed by atoms with E-state index < -0.39 is 34.7 Å². The maximum absolute atomic E-state index is 13.7. The minimum Gasteiger partial charge on any atom is -0.508 e. The lowest BCUT2D eigenvalue weighted by molar-refractivity contribution is -0.136. The Morgan fingerprint density at radius 3 is 2.20 bits per heavy atom. The van der Waals surface area contributed by atoms with Crippen molar-refractivity contribution in [3.8, 4) is 5.75 Å². The molecule has 2 aromatic carbocycles. The van der Waals surface area contributed by atoms with Crippen LogP contribution in [0.5, 0.6) is 5.75 Å². The molecular weight excluding hydrogens is 481 g/mol. The molecule has 1 aliphatic heterocycles. The fraction of sp³-hybridized carbons (Fsp3) is 0.333. The number of nitrogens with zero attached hydrogens (tertiary/aromatic N) is 4. The van der Waals surface area contributed by atoms with Crippen LogP contribution in [0.2, 0.25) is 0 Å². The smallest absolute Gasteiger partial charge is 0.435 e. The van der Waals surface area contributed by atoms with Crippen LogP contribution in [-0.4, -0.2) is 33.3 Å².